The molecule has 0 aromatic carbocycles. The fourth-order valence-corrected chi connectivity index (χ4v) is 2.12. The number of rotatable bonds is 6. The van der Waals surface area contributed by atoms with E-state index in [1.807, 2.05) is 13.8 Å². The van der Waals surface area contributed by atoms with Crippen LogP contribution in [0.25, 0.3) is 0 Å². The maximum atomic E-state index is 11.9. The number of carbonyl (C=O) groups is 1. The van der Waals surface area contributed by atoms with Gasteiger partial charge in [-0.2, -0.15) is 0 Å². The van der Waals surface area contributed by atoms with E-state index in [2.05, 4.69) is 17.6 Å². The number of amides is 1. The third-order valence-electron chi connectivity index (χ3n) is 3.07. The highest BCUT2D eigenvalue weighted by Gasteiger charge is 2.23. The topological polar surface area (TPSA) is 50.4 Å². The van der Waals surface area contributed by atoms with E-state index in [0.29, 0.717) is 6.04 Å². The lowest BCUT2D eigenvalue weighted by molar-refractivity contribution is -0.126. The number of piperidine rings is 1. The van der Waals surface area contributed by atoms with E-state index >= 15 is 0 Å². The van der Waals surface area contributed by atoms with E-state index in [4.69, 9.17) is 4.74 Å². The smallest absolute Gasteiger partial charge is 0.223 e. The summed E-state index contributed by atoms with van der Waals surface area (Å²) in [6.45, 7) is 8.58. The van der Waals surface area contributed by atoms with Crippen LogP contribution >= 0.6 is 12.4 Å². The maximum Gasteiger partial charge on any atom is 0.223 e. The normalized spacial score (nSPS) is 23.6. The summed E-state index contributed by atoms with van der Waals surface area (Å²) in [7, 11) is 0. The van der Waals surface area contributed by atoms with Gasteiger partial charge in [-0.25, -0.2) is 0 Å². The molecule has 0 radical (unpaired) electrons. The summed E-state index contributed by atoms with van der Waals surface area (Å²) < 4.78 is 5.42. The van der Waals surface area contributed by atoms with E-state index < -0.39 is 0 Å². The zero-order chi connectivity index (χ0) is 12.7. The van der Waals surface area contributed by atoms with E-state index in [1.165, 1.54) is 0 Å². The summed E-state index contributed by atoms with van der Waals surface area (Å²) in [5, 5.41) is 6.36. The van der Waals surface area contributed by atoms with Crippen LogP contribution in [0.15, 0.2) is 0 Å². The van der Waals surface area contributed by atoms with Crippen LogP contribution in [-0.4, -0.2) is 37.7 Å². The standard InChI is InChI=1S/C13H26N2O2.ClH/c1-10(2)17-8-4-6-15-13(16)12-5-7-14-11(3)9-12;/h10-12,14H,4-9H2,1-3H3,(H,15,16);1H/t11-,12-;/m0./s1. The predicted octanol–water partition coefficient (Wildman–Crippen LogP) is 1.73. The van der Waals surface area contributed by atoms with Crippen molar-refractivity contribution in [2.75, 3.05) is 19.7 Å². The summed E-state index contributed by atoms with van der Waals surface area (Å²) in [4.78, 5) is 11.9. The van der Waals surface area contributed by atoms with E-state index in [-0.39, 0.29) is 30.3 Å². The molecule has 1 fully saturated rings. The van der Waals surface area contributed by atoms with Gasteiger partial charge in [-0.3, -0.25) is 4.79 Å². The van der Waals surface area contributed by atoms with Gasteiger partial charge < -0.3 is 15.4 Å². The van der Waals surface area contributed by atoms with Gasteiger partial charge >= 0.3 is 0 Å². The van der Waals surface area contributed by atoms with Crippen LogP contribution in [0.3, 0.4) is 0 Å². The second-order valence-electron chi connectivity index (χ2n) is 5.14. The second-order valence-corrected chi connectivity index (χ2v) is 5.14. The monoisotopic (exact) mass is 278 g/mol. The molecule has 2 N–H and O–H groups in total. The Balaban J connectivity index is 0.00000289. The molecule has 0 bridgehead atoms. The average Bonchev–Trinajstić information content (AvgIpc) is 2.28. The van der Waals surface area contributed by atoms with Crippen LogP contribution < -0.4 is 10.6 Å². The molecule has 0 aromatic rings. The average molecular weight is 279 g/mol. The van der Waals surface area contributed by atoms with Crippen LogP contribution in [0.2, 0.25) is 0 Å². The van der Waals surface area contributed by atoms with Gasteiger partial charge in [-0.15, -0.1) is 12.4 Å². The Bertz CT molecular complexity index is 237. The van der Waals surface area contributed by atoms with Crippen molar-refractivity contribution in [2.24, 2.45) is 5.92 Å². The molecule has 1 aliphatic heterocycles. The minimum atomic E-state index is 0. The van der Waals surface area contributed by atoms with E-state index in [9.17, 15) is 4.79 Å². The summed E-state index contributed by atoms with van der Waals surface area (Å²) in [6.07, 6.45) is 3.08. The van der Waals surface area contributed by atoms with Gasteiger partial charge in [0.15, 0.2) is 0 Å². The fourth-order valence-electron chi connectivity index (χ4n) is 2.12. The van der Waals surface area contributed by atoms with Crippen molar-refractivity contribution < 1.29 is 9.53 Å². The van der Waals surface area contributed by atoms with Crippen LogP contribution in [0.1, 0.15) is 40.0 Å². The molecular formula is C13H27ClN2O2. The fraction of sp³-hybridized carbons (Fsp3) is 0.923. The van der Waals surface area contributed by atoms with Gasteiger partial charge in [0.2, 0.25) is 5.91 Å². The highest BCUT2D eigenvalue weighted by molar-refractivity contribution is 5.85. The minimum Gasteiger partial charge on any atom is -0.379 e. The third-order valence-corrected chi connectivity index (χ3v) is 3.07. The molecule has 1 saturated heterocycles. The number of nitrogens with one attached hydrogen (secondary N) is 2. The summed E-state index contributed by atoms with van der Waals surface area (Å²) in [5.74, 6) is 0.403. The zero-order valence-corrected chi connectivity index (χ0v) is 12.5. The molecule has 1 heterocycles. The zero-order valence-electron chi connectivity index (χ0n) is 11.7. The van der Waals surface area contributed by atoms with Crippen LogP contribution in [0.5, 0.6) is 0 Å². The van der Waals surface area contributed by atoms with E-state index in [1.54, 1.807) is 0 Å². The molecule has 0 spiro atoms. The molecule has 0 aliphatic carbocycles. The van der Waals surface area contributed by atoms with E-state index in [0.717, 1.165) is 39.0 Å². The molecule has 2 atom stereocenters. The van der Waals surface area contributed by atoms with Crippen molar-refractivity contribution in [1.82, 2.24) is 10.6 Å². The highest BCUT2D eigenvalue weighted by Crippen LogP contribution is 2.15. The highest BCUT2D eigenvalue weighted by atomic mass is 35.5. The van der Waals surface area contributed by atoms with Crippen molar-refractivity contribution in [1.29, 1.82) is 0 Å². The van der Waals surface area contributed by atoms with Crippen LogP contribution in [0, 0.1) is 5.92 Å². The Morgan fingerprint density at radius 3 is 2.83 bits per heavy atom. The van der Waals surface area contributed by atoms with Gasteiger partial charge in [0.05, 0.1) is 6.10 Å². The molecule has 108 valence electrons. The van der Waals surface area contributed by atoms with Gasteiger partial charge in [0.25, 0.3) is 0 Å². The Kier molecular flexibility index (Phi) is 9.42. The second kappa shape index (κ2) is 9.59. The quantitative estimate of drug-likeness (QED) is 0.728. The largest absolute Gasteiger partial charge is 0.379 e. The lowest BCUT2D eigenvalue weighted by atomic mass is 9.92. The first-order valence-corrected chi connectivity index (χ1v) is 6.72. The van der Waals surface area contributed by atoms with Crippen molar-refractivity contribution in [3.63, 3.8) is 0 Å². The molecule has 1 aliphatic rings. The van der Waals surface area contributed by atoms with Crippen LogP contribution in [0.4, 0.5) is 0 Å². The number of halogens is 1. The first kappa shape index (κ1) is 17.7. The van der Waals surface area contributed by atoms with Gasteiger partial charge in [0.1, 0.15) is 0 Å². The summed E-state index contributed by atoms with van der Waals surface area (Å²) >= 11 is 0. The number of carbonyl (C=O) groups excluding carboxylic acids is 1. The Morgan fingerprint density at radius 1 is 1.50 bits per heavy atom. The first-order valence-electron chi connectivity index (χ1n) is 6.72. The molecule has 1 amide bonds. The number of hydrogen-bond donors (Lipinski definition) is 2. The van der Waals surface area contributed by atoms with Gasteiger partial charge in [0, 0.05) is 25.1 Å². The van der Waals surface area contributed by atoms with Crippen molar-refractivity contribution in [2.45, 2.75) is 52.2 Å². The molecule has 1 rings (SSSR count). The molecule has 18 heavy (non-hydrogen) atoms. The Morgan fingerprint density at radius 2 is 2.22 bits per heavy atom. The number of ether oxygens (including phenoxy) is 1. The molecule has 0 unspecified atom stereocenters. The molecule has 4 nitrogen and oxygen atoms in total. The van der Waals surface area contributed by atoms with Gasteiger partial charge in [-0.05, 0) is 46.6 Å². The van der Waals surface area contributed by atoms with Crippen molar-refractivity contribution in [3.8, 4) is 0 Å². The summed E-state index contributed by atoms with van der Waals surface area (Å²) in [5.41, 5.74) is 0. The Hall–Kier alpha value is -0.320. The van der Waals surface area contributed by atoms with Crippen molar-refractivity contribution >= 4 is 18.3 Å². The molecule has 5 heteroatoms. The van der Waals surface area contributed by atoms with Crippen LogP contribution in [-0.2, 0) is 9.53 Å². The SMILES string of the molecule is CC(C)OCCCNC(=O)[C@H]1CCN[C@@H](C)C1.Cl. The number of hydrogen-bond acceptors (Lipinski definition) is 3. The molecular weight excluding hydrogens is 252 g/mol. The van der Waals surface area contributed by atoms with Crippen molar-refractivity contribution in [3.05, 3.63) is 0 Å². The first-order chi connectivity index (χ1) is 8.09. The molecule has 0 saturated carbocycles. The lowest BCUT2D eigenvalue weighted by Crippen LogP contribution is -2.42. The lowest BCUT2D eigenvalue weighted by Gasteiger charge is -2.27. The maximum absolute atomic E-state index is 11.9. The third kappa shape index (κ3) is 7.19. The van der Waals surface area contributed by atoms with Gasteiger partial charge in [-0.1, -0.05) is 0 Å². The summed E-state index contributed by atoms with van der Waals surface area (Å²) in [6, 6.07) is 0.462. The Labute approximate surface area is 117 Å². The molecule has 0 aromatic heterocycles. The minimum absolute atomic E-state index is 0. The predicted molar refractivity (Wildman–Crippen MR) is 76.2 cm³/mol.